The van der Waals surface area contributed by atoms with Gasteiger partial charge in [0.05, 0.1) is 18.6 Å². The van der Waals surface area contributed by atoms with E-state index in [1.54, 1.807) is 7.11 Å². The lowest BCUT2D eigenvalue weighted by Crippen LogP contribution is -2.47. The van der Waals surface area contributed by atoms with Crippen LogP contribution < -0.4 is 4.74 Å². The maximum absolute atomic E-state index is 11.5. The minimum absolute atomic E-state index is 0.119. The summed E-state index contributed by atoms with van der Waals surface area (Å²) in [5.74, 6) is 1.43. The fourth-order valence-electron chi connectivity index (χ4n) is 2.57. The standard InChI is InChI=1S/C16H23NO3S/c1-14-13-21(18,19)11-10-17(14)9-4-3-6-15-7-5-8-16(12-15)20-2/h3,5-8,12,14H,4,9-11,13H2,1-2H3. The minimum atomic E-state index is -2.82. The van der Waals surface area contributed by atoms with Crippen molar-refractivity contribution >= 4 is 15.9 Å². The van der Waals surface area contributed by atoms with Crippen molar-refractivity contribution in [1.29, 1.82) is 0 Å². The number of sulfone groups is 1. The third-order valence-electron chi connectivity index (χ3n) is 3.80. The van der Waals surface area contributed by atoms with Crippen molar-refractivity contribution in [1.82, 2.24) is 4.90 Å². The molecule has 0 saturated carbocycles. The lowest BCUT2D eigenvalue weighted by Gasteiger charge is -2.32. The maximum Gasteiger partial charge on any atom is 0.153 e. The third kappa shape index (κ3) is 4.86. The Morgan fingerprint density at radius 2 is 2.24 bits per heavy atom. The summed E-state index contributed by atoms with van der Waals surface area (Å²) < 4.78 is 28.2. The number of hydrogen-bond acceptors (Lipinski definition) is 4. The van der Waals surface area contributed by atoms with E-state index in [4.69, 9.17) is 4.74 Å². The zero-order valence-corrected chi connectivity index (χ0v) is 13.5. The molecule has 4 nitrogen and oxygen atoms in total. The molecule has 1 aliphatic rings. The Morgan fingerprint density at radius 1 is 1.43 bits per heavy atom. The van der Waals surface area contributed by atoms with Crippen molar-refractivity contribution in [2.24, 2.45) is 0 Å². The highest BCUT2D eigenvalue weighted by atomic mass is 32.2. The summed E-state index contributed by atoms with van der Waals surface area (Å²) >= 11 is 0. The van der Waals surface area contributed by atoms with Gasteiger partial charge in [-0.2, -0.15) is 0 Å². The van der Waals surface area contributed by atoms with Gasteiger partial charge in [-0.1, -0.05) is 24.3 Å². The highest BCUT2D eigenvalue weighted by molar-refractivity contribution is 7.91. The predicted octanol–water partition coefficient (Wildman–Crippen LogP) is 2.22. The van der Waals surface area contributed by atoms with Gasteiger partial charge in [-0.25, -0.2) is 8.42 Å². The summed E-state index contributed by atoms with van der Waals surface area (Å²) in [5.41, 5.74) is 1.11. The summed E-state index contributed by atoms with van der Waals surface area (Å²) in [5, 5.41) is 0. The van der Waals surface area contributed by atoms with Gasteiger partial charge in [0.1, 0.15) is 5.75 Å². The highest BCUT2D eigenvalue weighted by Gasteiger charge is 2.27. The topological polar surface area (TPSA) is 46.6 Å². The molecule has 1 aliphatic heterocycles. The molecule has 0 aromatic heterocycles. The van der Waals surface area contributed by atoms with Crippen LogP contribution in [0.25, 0.3) is 6.08 Å². The van der Waals surface area contributed by atoms with Gasteiger partial charge in [0.15, 0.2) is 9.84 Å². The number of nitrogens with zero attached hydrogens (tertiary/aromatic N) is 1. The molecule has 0 amide bonds. The van der Waals surface area contributed by atoms with E-state index in [1.807, 2.05) is 31.2 Å². The molecule has 0 N–H and O–H groups in total. The molecule has 0 spiro atoms. The second kappa shape index (κ2) is 7.09. The smallest absolute Gasteiger partial charge is 0.153 e. The van der Waals surface area contributed by atoms with Crippen molar-refractivity contribution < 1.29 is 13.2 Å². The Kier molecular flexibility index (Phi) is 5.42. The van der Waals surface area contributed by atoms with E-state index in [1.165, 1.54) is 0 Å². The van der Waals surface area contributed by atoms with Gasteiger partial charge < -0.3 is 4.74 Å². The van der Waals surface area contributed by atoms with E-state index in [-0.39, 0.29) is 17.5 Å². The summed E-state index contributed by atoms with van der Waals surface area (Å²) in [6.45, 7) is 3.54. The van der Waals surface area contributed by atoms with Crippen LogP contribution in [-0.4, -0.2) is 51.1 Å². The van der Waals surface area contributed by atoms with Crippen LogP contribution in [0.15, 0.2) is 30.3 Å². The van der Waals surface area contributed by atoms with Gasteiger partial charge in [-0.3, -0.25) is 4.90 Å². The van der Waals surface area contributed by atoms with Gasteiger partial charge in [0.25, 0.3) is 0 Å². The summed E-state index contributed by atoms with van der Waals surface area (Å²) in [6, 6.07) is 8.04. The Balaban J connectivity index is 1.82. The molecule has 0 aliphatic carbocycles. The van der Waals surface area contributed by atoms with E-state index in [0.29, 0.717) is 6.54 Å². The Bertz CT molecular complexity index is 595. The molecule has 1 aromatic carbocycles. The lowest BCUT2D eigenvalue weighted by molar-refractivity contribution is 0.231. The first-order chi connectivity index (χ1) is 10.00. The zero-order valence-electron chi connectivity index (χ0n) is 12.7. The first-order valence-electron chi connectivity index (χ1n) is 7.25. The monoisotopic (exact) mass is 309 g/mol. The largest absolute Gasteiger partial charge is 0.497 e. The van der Waals surface area contributed by atoms with Crippen molar-refractivity contribution in [3.05, 3.63) is 35.9 Å². The average Bonchev–Trinajstić information content (AvgIpc) is 2.45. The molecule has 1 unspecified atom stereocenters. The van der Waals surface area contributed by atoms with E-state index in [2.05, 4.69) is 17.1 Å². The second-order valence-electron chi connectivity index (χ2n) is 5.47. The molecule has 0 radical (unpaired) electrons. The van der Waals surface area contributed by atoms with E-state index in [9.17, 15) is 8.42 Å². The molecule has 1 atom stereocenters. The number of hydrogen-bond donors (Lipinski definition) is 0. The molecule has 0 bridgehead atoms. The molecule has 1 fully saturated rings. The van der Waals surface area contributed by atoms with Crippen molar-refractivity contribution in [3.8, 4) is 5.75 Å². The van der Waals surface area contributed by atoms with Gasteiger partial charge in [0.2, 0.25) is 0 Å². The summed E-state index contributed by atoms with van der Waals surface area (Å²) in [6.07, 6.45) is 5.13. The molecule has 21 heavy (non-hydrogen) atoms. The molecular weight excluding hydrogens is 286 g/mol. The van der Waals surface area contributed by atoms with Gasteiger partial charge >= 0.3 is 0 Å². The van der Waals surface area contributed by atoms with Crippen LogP contribution in [0.2, 0.25) is 0 Å². The molecule has 1 saturated heterocycles. The number of rotatable bonds is 5. The number of ether oxygens (including phenoxy) is 1. The van der Waals surface area contributed by atoms with Crippen LogP contribution in [-0.2, 0) is 9.84 Å². The van der Waals surface area contributed by atoms with Crippen LogP contribution in [0.3, 0.4) is 0 Å². The zero-order chi connectivity index (χ0) is 15.3. The second-order valence-corrected chi connectivity index (χ2v) is 7.70. The minimum Gasteiger partial charge on any atom is -0.497 e. The van der Waals surface area contributed by atoms with Gasteiger partial charge in [-0.05, 0) is 31.0 Å². The van der Waals surface area contributed by atoms with Crippen molar-refractivity contribution in [2.75, 3.05) is 31.7 Å². The Hall–Kier alpha value is -1.33. The first-order valence-corrected chi connectivity index (χ1v) is 9.07. The van der Waals surface area contributed by atoms with Crippen LogP contribution >= 0.6 is 0 Å². The van der Waals surface area contributed by atoms with Gasteiger partial charge in [-0.15, -0.1) is 0 Å². The number of benzene rings is 1. The first kappa shape index (κ1) is 16.0. The third-order valence-corrected chi connectivity index (χ3v) is 5.59. The quantitative estimate of drug-likeness (QED) is 0.837. The molecule has 1 heterocycles. The molecular formula is C16H23NO3S. The fourth-order valence-corrected chi connectivity index (χ4v) is 4.20. The van der Waals surface area contributed by atoms with E-state index < -0.39 is 9.84 Å². The van der Waals surface area contributed by atoms with Crippen molar-refractivity contribution in [2.45, 2.75) is 19.4 Å². The predicted molar refractivity (Wildman–Crippen MR) is 86.3 cm³/mol. The molecule has 1 aromatic rings. The molecule has 116 valence electrons. The van der Waals surface area contributed by atoms with Crippen molar-refractivity contribution in [3.63, 3.8) is 0 Å². The van der Waals surface area contributed by atoms with Crippen LogP contribution in [0.1, 0.15) is 18.9 Å². The normalized spacial score (nSPS) is 22.5. The summed E-state index contributed by atoms with van der Waals surface area (Å²) in [4.78, 5) is 2.25. The van der Waals surface area contributed by atoms with E-state index in [0.717, 1.165) is 24.3 Å². The lowest BCUT2D eigenvalue weighted by atomic mass is 10.2. The van der Waals surface area contributed by atoms with E-state index >= 15 is 0 Å². The SMILES string of the molecule is COc1cccc(C=CCCN2CCS(=O)(=O)CC2C)c1. The average molecular weight is 309 g/mol. The molecule has 5 heteroatoms. The van der Waals surface area contributed by atoms with Crippen LogP contribution in [0.4, 0.5) is 0 Å². The number of methoxy groups -OCH3 is 1. The van der Waals surface area contributed by atoms with Crippen LogP contribution in [0.5, 0.6) is 5.75 Å². The fraction of sp³-hybridized carbons (Fsp3) is 0.500. The molecule has 2 rings (SSSR count). The van der Waals surface area contributed by atoms with Crippen LogP contribution in [0, 0.1) is 0 Å². The maximum atomic E-state index is 11.5. The van der Waals surface area contributed by atoms with Gasteiger partial charge in [0, 0.05) is 19.1 Å². The Morgan fingerprint density at radius 3 is 2.95 bits per heavy atom. The Labute approximate surface area is 127 Å². The summed E-state index contributed by atoms with van der Waals surface area (Å²) in [7, 11) is -1.16. The highest BCUT2D eigenvalue weighted by Crippen LogP contribution is 2.15.